The van der Waals surface area contributed by atoms with Gasteiger partial charge in [-0.25, -0.2) is 0 Å². The molecule has 0 aliphatic heterocycles. The van der Waals surface area contributed by atoms with Crippen molar-refractivity contribution in [1.82, 2.24) is 0 Å². The number of hydrogen-bond donors (Lipinski definition) is 0. The summed E-state index contributed by atoms with van der Waals surface area (Å²) >= 11 is 0. The van der Waals surface area contributed by atoms with Gasteiger partial charge in [-0.1, -0.05) is 50.0 Å². The SMILES string of the molecule is CC1=C(CCC(C)[N+](C)(C)CC[N+](C)(C)C(C)CCC2=C(C)CCCC2(C)C)C(C)(C)CCC1.[Br-].[Br-]. The summed E-state index contributed by atoms with van der Waals surface area (Å²) in [4.78, 5) is 0. The highest BCUT2D eigenvalue weighted by molar-refractivity contribution is 5.23. The zero-order chi connectivity index (χ0) is 25.9. The molecule has 214 valence electrons. The Bertz CT molecular complexity index is 694. The third-order valence-corrected chi connectivity index (χ3v) is 10.6. The van der Waals surface area contributed by atoms with Crippen molar-refractivity contribution in [2.24, 2.45) is 10.8 Å². The molecule has 0 amide bonds. The third kappa shape index (κ3) is 9.53. The summed E-state index contributed by atoms with van der Waals surface area (Å²) in [6, 6.07) is 1.40. The number of rotatable bonds is 11. The number of likely N-dealkylation sites (N-methyl/N-ethyl adjacent to an activating group) is 2. The van der Waals surface area contributed by atoms with E-state index in [4.69, 9.17) is 0 Å². The summed E-state index contributed by atoms with van der Waals surface area (Å²) in [5, 5.41) is 0. The lowest BCUT2D eigenvalue weighted by molar-refractivity contribution is -0.967. The predicted octanol–water partition coefficient (Wildman–Crippen LogP) is 2.54. The fraction of sp³-hybridized carbons (Fsp3) is 0.875. The van der Waals surface area contributed by atoms with E-state index in [-0.39, 0.29) is 34.0 Å². The van der Waals surface area contributed by atoms with Crippen molar-refractivity contribution >= 4 is 0 Å². The van der Waals surface area contributed by atoms with Gasteiger partial charge in [0.25, 0.3) is 0 Å². The van der Waals surface area contributed by atoms with Gasteiger partial charge in [0.15, 0.2) is 0 Å². The number of nitrogens with zero attached hydrogens (tertiary/aromatic N) is 2. The van der Waals surface area contributed by atoms with Crippen LogP contribution in [0.15, 0.2) is 22.3 Å². The zero-order valence-corrected chi connectivity index (χ0v) is 29.5. The smallest absolute Gasteiger partial charge is 0.128 e. The summed E-state index contributed by atoms with van der Waals surface area (Å²) < 4.78 is 2.27. The maximum atomic E-state index is 2.50. The minimum absolute atomic E-state index is 0. The molecule has 2 aliphatic carbocycles. The van der Waals surface area contributed by atoms with Gasteiger partial charge >= 0.3 is 0 Å². The van der Waals surface area contributed by atoms with Crippen molar-refractivity contribution in [2.75, 3.05) is 41.3 Å². The average molecular weight is 635 g/mol. The van der Waals surface area contributed by atoms with E-state index in [0.717, 1.165) is 8.97 Å². The van der Waals surface area contributed by atoms with Crippen molar-refractivity contribution in [3.63, 3.8) is 0 Å². The molecule has 2 rings (SSSR count). The zero-order valence-electron chi connectivity index (χ0n) is 26.3. The molecule has 2 atom stereocenters. The number of quaternary nitrogens is 2. The molecule has 0 saturated heterocycles. The monoisotopic (exact) mass is 632 g/mol. The number of halogens is 2. The largest absolute Gasteiger partial charge is 1.00 e. The lowest BCUT2D eigenvalue weighted by Crippen LogP contribution is -3.00. The Labute approximate surface area is 248 Å². The topological polar surface area (TPSA) is 0 Å². The Morgan fingerprint density at radius 1 is 0.639 bits per heavy atom. The summed E-state index contributed by atoms with van der Waals surface area (Å²) in [5.74, 6) is 0. The van der Waals surface area contributed by atoms with Crippen LogP contribution in [0.25, 0.3) is 0 Å². The van der Waals surface area contributed by atoms with Gasteiger partial charge in [-0.15, -0.1) is 0 Å². The Kier molecular flexibility index (Phi) is 14.3. The molecule has 2 unspecified atom stereocenters. The molecule has 4 heteroatoms. The Morgan fingerprint density at radius 2 is 0.944 bits per heavy atom. The van der Waals surface area contributed by atoms with Crippen LogP contribution in [0.4, 0.5) is 0 Å². The Morgan fingerprint density at radius 3 is 1.22 bits per heavy atom. The first-order valence-corrected chi connectivity index (χ1v) is 14.5. The molecule has 2 aliphatic rings. The lowest BCUT2D eigenvalue weighted by Gasteiger charge is -2.43. The van der Waals surface area contributed by atoms with Crippen LogP contribution < -0.4 is 34.0 Å². The van der Waals surface area contributed by atoms with E-state index in [1.807, 2.05) is 0 Å². The van der Waals surface area contributed by atoms with Crippen LogP contribution in [0.2, 0.25) is 0 Å². The van der Waals surface area contributed by atoms with E-state index in [2.05, 4.69) is 83.6 Å². The van der Waals surface area contributed by atoms with E-state index in [9.17, 15) is 0 Å². The number of allylic oxidation sites excluding steroid dienone is 4. The molecule has 0 aromatic rings. The van der Waals surface area contributed by atoms with Crippen LogP contribution in [-0.4, -0.2) is 62.3 Å². The van der Waals surface area contributed by atoms with Crippen molar-refractivity contribution in [1.29, 1.82) is 0 Å². The normalized spacial score (nSPS) is 22.0. The summed E-state index contributed by atoms with van der Waals surface area (Å²) in [6.45, 7) is 22.2. The van der Waals surface area contributed by atoms with Crippen LogP contribution >= 0.6 is 0 Å². The van der Waals surface area contributed by atoms with Crippen LogP contribution in [0.1, 0.15) is 120 Å². The molecule has 0 saturated carbocycles. The first-order chi connectivity index (χ1) is 15.5. The second-order valence-electron chi connectivity index (χ2n) is 14.8. The molecule has 0 bridgehead atoms. The van der Waals surface area contributed by atoms with Gasteiger partial charge in [-0.2, -0.15) is 0 Å². The van der Waals surface area contributed by atoms with Crippen molar-refractivity contribution in [3.05, 3.63) is 22.3 Å². The van der Waals surface area contributed by atoms with E-state index in [1.165, 1.54) is 77.3 Å². The van der Waals surface area contributed by atoms with Gasteiger partial charge in [0.2, 0.25) is 0 Å². The molecule has 0 fully saturated rings. The summed E-state index contributed by atoms with van der Waals surface area (Å²) in [6.07, 6.45) is 13.3. The van der Waals surface area contributed by atoms with Gasteiger partial charge in [0.05, 0.1) is 40.3 Å². The average Bonchev–Trinajstić information content (AvgIpc) is 2.70. The minimum Gasteiger partial charge on any atom is -1.00 e. The lowest BCUT2D eigenvalue weighted by atomic mass is 9.71. The van der Waals surface area contributed by atoms with Gasteiger partial charge in [0, 0.05) is 12.8 Å². The highest BCUT2D eigenvalue weighted by atomic mass is 79.9. The standard InChI is InChI=1S/C32H62N2.2BrH/c1-25-15-13-21-31(5,6)29(25)19-17-27(3)33(9,10)23-24-34(11,12)28(4)18-20-30-26(2)16-14-22-32(30,7)8;;/h27-28H,13-24H2,1-12H3;2*1H/q+2;;/p-2. The molecule has 0 aromatic heterocycles. The molecule has 0 heterocycles. The van der Waals surface area contributed by atoms with Gasteiger partial charge in [-0.3, -0.25) is 0 Å². The van der Waals surface area contributed by atoms with Crippen LogP contribution in [0, 0.1) is 10.8 Å². The first kappa shape index (κ1) is 36.4. The van der Waals surface area contributed by atoms with Crippen molar-refractivity contribution in [3.8, 4) is 0 Å². The van der Waals surface area contributed by atoms with Crippen LogP contribution in [0.3, 0.4) is 0 Å². The van der Waals surface area contributed by atoms with E-state index in [0.29, 0.717) is 22.9 Å². The molecular formula is C32H62Br2N2. The predicted molar refractivity (Wildman–Crippen MR) is 152 cm³/mol. The second kappa shape index (κ2) is 14.1. The van der Waals surface area contributed by atoms with Gasteiger partial charge in [-0.05, 0) is 89.9 Å². The Balaban J connectivity index is 0.00000612. The van der Waals surface area contributed by atoms with Crippen LogP contribution in [0.5, 0.6) is 0 Å². The van der Waals surface area contributed by atoms with E-state index < -0.39 is 0 Å². The maximum absolute atomic E-state index is 2.50. The molecule has 0 N–H and O–H groups in total. The second-order valence-corrected chi connectivity index (χ2v) is 14.8. The molecule has 0 spiro atoms. The number of hydrogen-bond acceptors (Lipinski definition) is 0. The minimum atomic E-state index is 0. The van der Waals surface area contributed by atoms with Crippen molar-refractivity contribution < 1.29 is 42.9 Å². The first-order valence-electron chi connectivity index (χ1n) is 14.5. The van der Waals surface area contributed by atoms with Gasteiger partial charge in [0.1, 0.15) is 13.1 Å². The molecule has 0 radical (unpaired) electrons. The highest BCUT2D eigenvalue weighted by Gasteiger charge is 2.34. The molecule has 0 aromatic carbocycles. The third-order valence-electron chi connectivity index (χ3n) is 10.6. The van der Waals surface area contributed by atoms with E-state index >= 15 is 0 Å². The summed E-state index contributed by atoms with van der Waals surface area (Å²) in [5.41, 5.74) is 7.73. The fourth-order valence-electron chi connectivity index (χ4n) is 6.82. The maximum Gasteiger partial charge on any atom is 0.128 e. The molecule has 36 heavy (non-hydrogen) atoms. The summed E-state index contributed by atoms with van der Waals surface area (Å²) in [7, 11) is 9.89. The van der Waals surface area contributed by atoms with Crippen LogP contribution in [-0.2, 0) is 0 Å². The quantitative estimate of drug-likeness (QED) is 0.242. The molecular weight excluding hydrogens is 572 g/mol. The molecule has 2 nitrogen and oxygen atoms in total. The van der Waals surface area contributed by atoms with Crippen molar-refractivity contribution in [2.45, 2.75) is 132 Å². The fourth-order valence-corrected chi connectivity index (χ4v) is 6.82. The van der Waals surface area contributed by atoms with E-state index in [1.54, 1.807) is 22.3 Å². The van der Waals surface area contributed by atoms with Gasteiger partial charge < -0.3 is 42.9 Å². The highest BCUT2D eigenvalue weighted by Crippen LogP contribution is 2.43. The Hall–Kier alpha value is 0.360.